The van der Waals surface area contributed by atoms with Crippen LogP contribution >= 0.6 is 34.2 Å². The molecule has 0 rings (SSSR count). The summed E-state index contributed by atoms with van der Waals surface area (Å²) < 4.78 is 1.23. The van der Waals surface area contributed by atoms with Crippen molar-refractivity contribution in [3.63, 3.8) is 0 Å². The number of hydrogen-bond donors (Lipinski definition) is 0. The van der Waals surface area contributed by atoms with Gasteiger partial charge in [0.1, 0.15) is 0 Å². The van der Waals surface area contributed by atoms with E-state index in [9.17, 15) is 0 Å². The molecule has 0 aliphatic carbocycles. The van der Waals surface area contributed by atoms with Gasteiger partial charge in [-0.3, -0.25) is 0 Å². The van der Waals surface area contributed by atoms with Crippen molar-refractivity contribution in [2.75, 3.05) is 10.3 Å². The first-order valence-electron chi connectivity index (χ1n) is 4.28. The first-order valence-corrected chi connectivity index (χ1v) is 6.34. The molecule has 13 heavy (non-hydrogen) atoms. The summed E-state index contributed by atoms with van der Waals surface area (Å²) in [6, 6.07) is 0. The Labute approximate surface area is 101 Å². The van der Waals surface area contributed by atoms with Gasteiger partial charge >= 0.3 is 0 Å². The summed E-state index contributed by atoms with van der Waals surface area (Å²) >= 11 is 7.64. The predicted octanol–water partition coefficient (Wildman–Crippen LogP) is 3.86. The van der Waals surface area contributed by atoms with Crippen molar-refractivity contribution in [1.29, 1.82) is 0 Å². The summed E-state index contributed by atoms with van der Waals surface area (Å²) in [5.41, 5.74) is 0. The van der Waals surface area contributed by atoms with Gasteiger partial charge in [0, 0.05) is 23.1 Å². The maximum absolute atomic E-state index is 5.28. The Balaban J connectivity index is 0. The van der Waals surface area contributed by atoms with Crippen molar-refractivity contribution in [3.8, 4) is 24.2 Å². The van der Waals surface area contributed by atoms with Crippen molar-refractivity contribution in [2.24, 2.45) is 0 Å². The van der Waals surface area contributed by atoms with Crippen LogP contribution in [0.25, 0.3) is 0 Å². The lowest BCUT2D eigenvalue weighted by atomic mass is 10.3. The molecule has 0 saturated carbocycles. The third-order valence-corrected chi connectivity index (χ3v) is 2.10. The van der Waals surface area contributed by atoms with Crippen LogP contribution in [-0.4, -0.2) is 10.3 Å². The Bertz CT molecular complexity index is 171. The summed E-state index contributed by atoms with van der Waals surface area (Å²) in [4.78, 5) is 0. The van der Waals surface area contributed by atoms with E-state index >= 15 is 0 Å². The largest absolute Gasteiger partial charge is 0.127 e. The molecule has 0 saturated heterocycles. The number of alkyl halides is 2. The molecule has 0 bridgehead atoms. The lowest BCUT2D eigenvalue weighted by Crippen LogP contribution is -1.68. The Hall–Kier alpha value is 0.140. The van der Waals surface area contributed by atoms with Gasteiger partial charge in [-0.2, -0.15) is 0 Å². The first-order chi connectivity index (χ1) is 6.33. The van der Waals surface area contributed by atoms with Crippen LogP contribution in [0, 0.1) is 24.2 Å². The molecular formula is C11H16ClI. The standard InChI is InChI=1S/C6H9I.C5H7Cl/c1-2-3-4-5-6-7;1-2-3-4-5-6/h4-6H2,1H3;1H,3-5H2. The van der Waals surface area contributed by atoms with Gasteiger partial charge in [0.25, 0.3) is 0 Å². The highest BCUT2D eigenvalue weighted by Crippen LogP contribution is 1.91. The fourth-order valence-corrected chi connectivity index (χ4v) is 0.964. The fraction of sp³-hybridized carbons (Fsp3) is 0.636. The predicted molar refractivity (Wildman–Crippen MR) is 70.4 cm³/mol. The van der Waals surface area contributed by atoms with Crippen LogP contribution in [0.4, 0.5) is 0 Å². The van der Waals surface area contributed by atoms with Crippen molar-refractivity contribution >= 4 is 34.2 Å². The van der Waals surface area contributed by atoms with Crippen LogP contribution in [0.3, 0.4) is 0 Å². The molecule has 0 radical (unpaired) electrons. The smallest absolute Gasteiger partial charge is 0.0232 e. The fourth-order valence-electron chi connectivity index (χ4n) is 0.449. The molecular weight excluding hydrogens is 294 g/mol. The van der Waals surface area contributed by atoms with Gasteiger partial charge < -0.3 is 0 Å². The van der Waals surface area contributed by atoms with Crippen LogP contribution < -0.4 is 0 Å². The van der Waals surface area contributed by atoms with E-state index in [1.807, 2.05) is 6.92 Å². The molecule has 74 valence electrons. The van der Waals surface area contributed by atoms with Gasteiger partial charge in [0.2, 0.25) is 0 Å². The van der Waals surface area contributed by atoms with Gasteiger partial charge in [0.05, 0.1) is 0 Å². The van der Waals surface area contributed by atoms with Gasteiger partial charge in [-0.15, -0.1) is 35.8 Å². The van der Waals surface area contributed by atoms with E-state index < -0.39 is 0 Å². The van der Waals surface area contributed by atoms with Gasteiger partial charge in [-0.05, 0) is 19.8 Å². The molecule has 0 atom stereocenters. The van der Waals surface area contributed by atoms with Crippen LogP contribution in [0.15, 0.2) is 0 Å². The van der Waals surface area contributed by atoms with E-state index in [4.69, 9.17) is 18.0 Å². The maximum atomic E-state index is 5.28. The molecule has 0 nitrogen and oxygen atoms in total. The van der Waals surface area contributed by atoms with Gasteiger partial charge in [-0.1, -0.05) is 22.6 Å². The SMILES string of the molecule is C#CCCCCl.CC#CCCCI. The third-order valence-electron chi connectivity index (χ3n) is 1.07. The first kappa shape index (κ1) is 15.6. The second kappa shape index (κ2) is 18.0. The molecule has 0 aromatic carbocycles. The number of terminal acetylenes is 1. The van der Waals surface area contributed by atoms with Crippen molar-refractivity contribution in [2.45, 2.75) is 32.6 Å². The Morgan fingerprint density at radius 3 is 2.31 bits per heavy atom. The van der Waals surface area contributed by atoms with Crippen LogP contribution in [0.2, 0.25) is 0 Å². The van der Waals surface area contributed by atoms with Gasteiger partial charge in [0.15, 0.2) is 0 Å². The monoisotopic (exact) mass is 310 g/mol. The quantitative estimate of drug-likeness (QED) is 0.320. The maximum Gasteiger partial charge on any atom is 0.0232 e. The third kappa shape index (κ3) is 24.5. The zero-order chi connectivity index (χ0) is 10.4. The number of rotatable bonds is 4. The summed E-state index contributed by atoms with van der Waals surface area (Å²) in [7, 11) is 0. The molecule has 0 heterocycles. The second-order valence-corrected chi connectivity index (χ2v) is 3.67. The number of unbranched alkanes of at least 4 members (excludes halogenated alkanes) is 2. The minimum atomic E-state index is 0.685. The van der Waals surface area contributed by atoms with E-state index in [0.717, 1.165) is 19.3 Å². The highest BCUT2D eigenvalue weighted by atomic mass is 127. The Kier molecular flexibility index (Phi) is 21.6. The Morgan fingerprint density at radius 1 is 1.31 bits per heavy atom. The van der Waals surface area contributed by atoms with Crippen LogP contribution in [0.1, 0.15) is 32.6 Å². The zero-order valence-corrected chi connectivity index (χ0v) is 11.0. The zero-order valence-electron chi connectivity index (χ0n) is 8.08. The summed E-state index contributed by atoms with van der Waals surface area (Å²) in [5.74, 6) is 9.01. The topological polar surface area (TPSA) is 0 Å². The lowest BCUT2D eigenvalue weighted by molar-refractivity contribution is 0.992. The van der Waals surface area contributed by atoms with E-state index in [0.29, 0.717) is 5.88 Å². The molecule has 0 spiro atoms. The van der Waals surface area contributed by atoms with Crippen LogP contribution in [-0.2, 0) is 0 Å². The minimum absolute atomic E-state index is 0.685. The summed E-state index contributed by atoms with van der Waals surface area (Å²) in [5, 5.41) is 0. The van der Waals surface area contributed by atoms with Crippen molar-refractivity contribution in [1.82, 2.24) is 0 Å². The van der Waals surface area contributed by atoms with E-state index in [2.05, 4.69) is 40.4 Å². The molecule has 0 aromatic rings. The highest BCUT2D eigenvalue weighted by Gasteiger charge is 1.74. The number of halogens is 2. The molecule has 0 aromatic heterocycles. The van der Waals surface area contributed by atoms with E-state index in [1.165, 1.54) is 10.8 Å². The molecule has 0 aliphatic rings. The van der Waals surface area contributed by atoms with Crippen molar-refractivity contribution < 1.29 is 0 Å². The van der Waals surface area contributed by atoms with E-state index in [1.54, 1.807) is 0 Å². The molecule has 0 unspecified atom stereocenters. The average Bonchev–Trinajstić information content (AvgIpc) is 2.17. The van der Waals surface area contributed by atoms with E-state index in [-0.39, 0.29) is 0 Å². The second-order valence-electron chi connectivity index (χ2n) is 2.22. The molecule has 0 amide bonds. The average molecular weight is 311 g/mol. The normalized spacial score (nSPS) is 7.23. The Morgan fingerprint density at radius 2 is 2.00 bits per heavy atom. The molecule has 0 fully saturated rings. The minimum Gasteiger partial charge on any atom is -0.127 e. The highest BCUT2D eigenvalue weighted by molar-refractivity contribution is 14.1. The van der Waals surface area contributed by atoms with Crippen LogP contribution in [0.5, 0.6) is 0 Å². The molecule has 2 heteroatoms. The number of hydrogen-bond acceptors (Lipinski definition) is 0. The summed E-state index contributed by atoms with van der Waals surface area (Å²) in [6.07, 6.45) is 8.96. The molecule has 0 aliphatic heterocycles. The molecule has 0 N–H and O–H groups in total. The van der Waals surface area contributed by atoms with Crippen molar-refractivity contribution in [3.05, 3.63) is 0 Å². The van der Waals surface area contributed by atoms with Gasteiger partial charge in [-0.25, -0.2) is 0 Å². The lowest BCUT2D eigenvalue weighted by Gasteiger charge is -1.79. The summed E-state index contributed by atoms with van der Waals surface area (Å²) in [6.45, 7) is 1.88.